The number of ether oxygens (including phenoxy) is 1. The van der Waals surface area contributed by atoms with Crippen molar-refractivity contribution in [3.05, 3.63) is 35.9 Å². The smallest absolute Gasteiger partial charge is 0.407 e. The third kappa shape index (κ3) is 2.33. The number of carbonyl (C=O) groups is 1. The second-order valence-corrected chi connectivity index (χ2v) is 5.14. The van der Waals surface area contributed by atoms with Crippen LogP contribution in [0.2, 0.25) is 0 Å². The first-order valence-corrected chi connectivity index (χ1v) is 6.35. The number of carbonyl (C=O) groups excluding carboxylic acids is 1. The number of rotatable bonds is 3. The number of fused-ring (bicyclic) bond motifs is 1. The average Bonchev–Trinajstić information content (AvgIpc) is 3.07. The third-order valence-electron chi connectivity index (χ3n) is 3.85. The van der Waals surface area contributed by atoms with Crippen LogP contribution in [0.15, 0.2) is 30.3 Å². The first-order chi connectivity index (χ1) is 8.74. The third-order valence-corrected chi connectivity index (χ3v) is 3.85. The van der Waals surface area contributed by atoms with Gasteiger partial charge in [0, 0.05) is 0 Å². The Balaban J connectivity index is 1.47. The highest BCUT2D eigenvalue weighted by molar-refractivity contribution is 5.68. The fourth-order valence-electron chi connectivity index (χ4n) is 2.78. The van der Waals surface area contributed by atoms with E-state index in [9.17, 15) is 9.18 Å². The van der Waals surface area contributed by atoms with Gasteiger partial charge in [0.25, 0.3) is 0 Å². The van der Waals surface area contributed by atoms with Crippen LogP contribution in [0.25, 0.3) is 0 Å². The summed E-state index contributed by atoms with van der Waals surface area (Å²) in [7, 11) is 0. The molecule has 96 valence electrons. The lowest BCUT2D eigenvalue weighted by Gasteiger charge is -2.17. The van der Waals surface area contributed by atoms with Crippen LogP contribution in [-0.4, -0.2) is 18.3 Å². The van der Waals surface area contributed by atoms with Gasteiger partial charge in [0.15, 0.2) is 0 Å². The average molecular weight is 249 g/mol. The zero-order valence-corrected chi connectivity index (χ0v) is 10.0. The molecule has 1 aromatic carbocycles. The minimum atomic E-state index is -0.905. The number of amides is 1. The van der Waals surface area contributed by atoms with Crippen molar-refractivity contribution in [2.75, 3.05) is 0 Å². The summed E-state index contributed by atoms with van der Waals surface area (Å²) in [5.74, 6) is 0.823. The van der Waals surface area contributed by atoms with Crippen LogP contribution in [0.4, 0.5) is 9.18 Å². The first-order valence-electron chi connectivity index (χ1n) is 6.35. The Kier molecular flexibility index (Phi) is 2.94. The number of hydrogen-bond acceptors (Lipinski definition) is 2. The van der Waals surface area contributed by atoms with Gasteiger partial charge in [-0.3, -0.25) is 0 Å². The van der Waals surface area contributed by atoms with Crippen molar-refractivity contribution in [3.63, 3.8) is 0 Å². The van der Waals surface area contributed by atoms with Gasteiger partial charge in [-0.25, -0.2) is 9.18 Å². The van der Waals surface area contributed by atoms with E-state index < -0.39 is 12.3 Å². The van der Waals surface area contributed by atoms with Crippen molar-refractivity contribution >= 4 is 6.09 Å². The van der Waals surface area contributed by atoms with Crippen LogP contribution >= 0.6 is 0 Å². The van der Waals surface area contributed by atoms with Crippen molar-refractivity contribution in [1.29, 1.82) is 0 Å². The number of halogens is 1. The predicted octanol–water partition coefficient (Wildman–Crippen LogP) is 2.66. The number of benzene rings is 1. The summed E-state index contributed by atoms with van der Waals surface area (Å²) in [5, 5.41) is 2.65. The van der Waals surface area contributed by atoms with Crippen LogP contribution in [0, 0.1) is 11.8 Å². The molecular formula is C14H16FNO2. The molecule has 4 atom stereocenters. The summed E-state index contributed by atoms with van der Waals surface area (Å²) in [4.78, 5) is 11.6. The lowest BCUT2D eigenvalue weighted by Crippen LogP contribution is -2.41. The minimum Gasteiger partial charge on any atom is -0.445 e. The summed E-state index contributed by atoms with van der Waals surface area (Å²) in [6, 6.07) is 9.12. The molecule has 1 N–H and O–H groups in total. The van der Waals surface area contributed by atoms with Gasteiger partial charge in [0.2, 0.25) is 0 Å². The molecule has 0 bridgehead atoms. The molecule has 2 aliphatic rings. The lowest BCUT2D eigenvalue weighted by molar-refractivity contribution is 0.127. The molecular weight excluding hydrogens is 233 g/mol. The molecule has 0 saturated heterocycles. The lowest BCUT2D eigenvalue weighted by atomic mass is 10.1. The molecule has 1 aromatic rings. The van der Waals surface area contributed by atoms with Crippen molar-refractivity contribution in [2.24, 2.45) is 11.8 Å². The fourth-order valence-corrected chi connectivity index (χ4v) is 2.78. The molecule has 0 aliphatic heterocycles. The van der Waals surface area contributed by atoms with Crippen LogP contribution in [-0.2, 0) is 11.3 Å². The topological polar surface area (TPSA) is 38.3 Å². The molecule has 4 unspecified atom stereocenters. The minimum absolute atomic E-state index is 0.227. The van der Waals surface area contributed by atoms with Gasteiger partial charge < -0.3 is 10.1 Å². The number of nitrogens with one attached hydrogen (secondary N) is 1. The molecule has 0 radical (unpaired) electrons. The number of hydrogen-bond donors (Lipinski definition) is 1. The Bertz CT molecular complexity index is 435. The number of alkyl halides is 1. The van der Waals surface area contributed by atoms with E-state index in [0.717, 1.165) is 12.0 Å². The summed E-state index contributed by atoms with van der Waals surface area (Å²) in [6.07, 6.45) is 0.218. The Morgan fingerprint density at radius 1 is 1.33 bits per heavy atom. The van der Waals surface area contributed by atoms with Crippen molar-refractivity contribution in [1.82, 2.24) is 5.32 Å². The maximum atomic E-state index is 13.5. The van der Waals surface area contributed by atoms with Crippen LogP contribution in [0.1, 0.15) is 18.4 Å². The fraction of sp³-hybridized carbons (Fsp3) is 0.500. The zero-order chi connectivity index (χ0) is 12.5. The van der Waals surface area contributed by atoms with E-state index in [1.54, 1.807) is 0 Å². The monoisotopic (exact) mass is 249 g/mol. The Labute approximate surface area is 105 Å². The SMILES string of the molecule is O=C(NC1C(F)CC2CC21)OCc1ccccc1. The van der Waals surface area contributed by atoms with Gasteiger partial charge in [-0.1, -0.05) is 30.3 Å². The molecule has 3 nitrogen and oxygen atoms in total. The molecule has 0 spiro atoms. The van der Waals surface area contributed by atoms with Gasteiger partial charge >= 0.3 is 6.09 Å². The van der Waals surface area contributed by atoms with E-state index >= 15 is 0 Å². The van der Waals surface area contributed by atoms with E-state index in [0.29, 0.717) is 18.3 Å². The maximum Gasteiger partial charge on any atom is 0.407 e. The Hall–Kier alpha value is -1.58. The van der Waals surface area contributed by atoms with Crippen LogP contribution < -0.4 is 5.32 Å². The van der Waals surface area contributed by atoms with E-state index in [2.05, 4.69) is 5.32 Å². The summed E-state index contributed by atoms with van der Waals surface area (Å²) >= 11 is 0. The molecule has 18 heavy (non-hydrogen) atoms. The molecule has 4 heteroatoms. The van der Waals surface area contributed by atoms with E-state index in [1.165, 1.54) is 0 Å². The quantitative estimate of drug-likeness (QED) is 0.894. The van der Waals surface area contributed by atoms with Crippen molar-refractivity contribution in [3.8, 4) is 0 Å². The van der Waals surface area contributed by atoms with Crippen molar-refractivity contribution in [2.45, 2.75) is 31.7 Å². The molecule has 2 aliphatic carbocycles. The molecule has 0 aromatic heterocycles. The molecule has 2 fully saturated rings. The number of alkyl carbamates (subject to hydrolysis) is 1. The van der Waals surface area contributed by atoms with Gasteiger partial charge in [-0.05, 0) is 30.2 Å². The molecule has 2 saturated carbocycles. The van der Waals surface area contributed by atoms with Crippen LogP contribution in [0.5, 0.6) is 0 Å². The highest BCUT2D eigenvalue weighted by atomic mass is 19.1. The largest absolute Gasteiger partial charge is 0.445 e. The Morgan fingerprint density at radius 2 is 2.11 bits per heavy atom. The molecule has 3 rings (SSSR count). The zero-order valence-electron chi connectivity index (χ0n) is 10.0. The predicted molar refractivity (Wildman–Crippen MR) is 64.7 cm³/mol. The van der Waals surface area contributed by atoms with Gasteiger partial charge in [-0.15, -0.1) is 0 Å². The standard InChI is InChI=1S/C14H16FNO2/c15-12-7-10-6-11(10)13(12)16-14(17)18-8-9-4-2-1-3-5-9/h1-5,10-13H,6-8H2,(H,16,17). The normalized spacial score (nSPS) is 32.7. The maximum absolute atomic E-state index is 13.5. The summed E-state index contributed by atoms with van der Waals surface area (Å²) < 4.78 is 18.6. The highest BCUT2D eigenvalue weighted by Gasteiger charge is 2.54. The second-order valence-electron chi connectivity index (χ2n) is 5.14. The molecule has 0 heterocycles. The summed E-state index contributed by atoms with van der Waals surface area (Å²) in [5.41, 5.74) is 0.931. The highest BCUT2D eigenvalue weighted by Crippen LogP contribution is 2.52. The molecule has 1 amide bonds. The van der Waals surface area contributed by atoms with Gasteiger partial charge in [-0.2, -0.15) is 0 Å². The van der Waals surface area contributed by atoms with Gasteiger partial charge in [0.05, 0.1) is 6.04 Å². The van der Waals surface area contributed by atoms with E-state index in [4.69, 9.17) is 4.74 Å². The van der Waals surface area contributed by atoms with Crippen molar-refractivity contribution < 1.29 is 13.9 Å². The Morgan fingerprint density at radius 3 is 2.78 bits per heavy atom. The summed E-state index contributed by atoms with van der Waals surface area (Å²) in [6.45, 7) is 0.227. The van der Waals surface area contributed by atoms with Gasteiger partial charge in [0.1, 0.15) is 12.8 Å². The first kappa shape index (κ1) is 11.5. The van der Waals surface area contributed by atoms with Crippen LogP contribution in [0.3, 0.4) is 0 Å². The second kappa shape index (κ2) is 4.59. The van der Waals surface area contributed by atoms with E-state index in [-0.39, 0.29) is 12.6 Å². The van der Waals surface area contributed by atoms with E-state index in [1.807, 2.05) is 30.3 Å².